The molecule has 2 aliphatic heterocycles. The maximum absolute atomic E-state index is 12.3. The van der Waals surface area contributed by atoms with E-state index in [-0.39, 0.29) is 5.75 Å². The first-order chi connectivity index (χ1) is 16.2. The van der Waals surface area contributed by atoms with Crippen LogP contribution < -0.4 is 4.74 Å². The highest BCUT2D eigenvalue weighted by atomic mass is 16.8. The number of aliphatic hydroxyl groups excluding tert-OH is 6. The number of aromatic amines is 1. The summed E-state index contributed by atoms with van der Waals surface area (Å²) in [6, 6.07) is 7.03. The summed E-state index contributed by atoms with van der Waals surface area (Å²) in [7, 11) is 0. The van der Waals surface area contributed by atoms with Crippen LogP contribution in [-0.4, -0.2) is 110 Å². The van der Waals surface area contributed by atoms with Crippen molar-refractivity contribution in [3.63, 3.8) is 0 Å². The summed E-state index contributed by atoms with van der Waals surface area (Å²) in [4.78, 5) is 15.2. The van der Waals surface area contributed by atoms with E-state index in [4.69, 9.17) is 23.7 Å². The van der Waals surface area contributed by atoms with E-state index in [0.717, 1.165) is 0 Å². The number of para-hydroxylation sites is 1. The van der Waals surface area contributed by atoms with E-state index in [1.54, 1.807) is 24.3 Å². The molecular weight excluding hydrogens is 458 g/mol. The second kappa shape index (κ2) is 10.1. The van der Waals surface area contributed by atoms with Gasteiger partial charge in [-0.3, -0.25) is 0 Å². The van der Waals surface area contributed by atoms with E-state index in [1.807, 2.05) is 0 Å². The zero-order valence-electron chi connectivity index (χ0n) is 18.0. The highest BCUT2D eigenvalue weighted by molar-refractivity contribution is 5.87. The van der Waals surface area contributed by atoms with Crippen molar-refractivity contribution in [2.75, 3.05) is 6.61 Å². The van der Waals surface area contributed by atoms with E-state index < -0.39 is 74.2 Å². The van der Waals surface area contributed by atoms with Gasteiger partial charge in [0.2, 0.25) is 6.29 Å². The number of H-pyrrole nitrogens is 1. The number of ether oxygens (including phenoxy) is 5. The van der Waals surface area contributed by atoms with Crippen molar-refractivity contribution in [3.05, 3.63) is 30.5 Å². The predicted molar refractivity (Wildman–Crippen MR) is 110 cm³/mol. The Hall–Kier alpha value is -2.33. The first-order valence-corrected chi connectivity index (χ1v) is 10.6. The van der Waals surface area contributed by atoms with Crippen LogP contribution >= 0.6 is 0 Å². The number of hydrogen-bond donors (Lipinski definition) is 7. The van der Waals surface area contributed by atoms with Crippen LogP contribution in [0.4, 0.5) is 4.79 Å². The number of fused-ring (bicyclic) bond motifs is 1. The Bertz CT molecular complexity index is 984. The number of nitrogens with one attached hydrogen (secondary N) is 1. The van der Waals surface area contributed by atoms with Crippen LogP contribution in [0.5, 0.6) is 5.75 Å². The van der Waals surface area contributed by atoms with E-state index in [1.165, 1.54) is 13.1 Å². The third kappa shape index (κ3) is 4.88. The monoisotopic (exact) mass is 485 g/mol. The number of carbonyl (C=O) groups is 1. The molecule has 0 amide bonds. The molecule has 10 atom stereocenters. The molecule has 1 aromatic carbocycles. The molecule has 0 aliphatic carbocycles. The van der Waals surface area contributed by atoms with Gasteiger partial charge in [0.1, 0.15) is 42.7 Å². The number of aromatic nitrogens is 1. The highest BCUT2D eigenvalue weighted by Crippen LogP contribution is 2.28. The first-order valence-electron chi connectivity index (χ1n) is 10.6. The fraction of sp³-hybridized carbons (Fsp3) is 0.571. The average Bonchev–Trinajstić information content (AvgIpc) is 3.22. The van der Waals surface area contributed by atoms with E-state index in [0.29, 0.717) is 10.9 Å². The lowest BCUT2D eigenvalue weighted by molar-refractivity contribution is -0.322. The van der Waals surface area contributed by atoms with Gasteiger partial charge in [-0.1, -0.05) is 12.1 Å². The van der Waals surface area contributed by atoms with Gasteiger partial charge in [0.05, 0.1) is 12.7 Å². The quantitative estimate of drug-likeness (QED) is 0.238. The smallest absolute Gasteiger partial charge is 0.401 e. The zero-order chi connectivity index (χ0) is 24.6. The SMILES string of the molecule is C[C@@H]1O[C@@H](OC[C@H]2O[C@@H](OC(=O)Oc3c[nH]c4ccccc34)[C@H](O)[C@@H](O)[C@@H]2O)[C@H](O)[C@H](O)[C@H]1O. The van der Waals surface area contributed by atoms with Gasteiger partial charge in [0.15, 0.2) is 12.0 Å². The van der Waals surface area contributed by atoms with Gasteiger partial charge in [-0.05, 0) is 19.1 Å². The molecule has 2 aromatic rings. The van der Waals surface area contributed by atoms with E-state index >= 15 is 0 Å². The predicted octanol–water partition coefficient (Wildman–Crippen LogP) is -1.66. The van der Waals surface area contributed by atoms with Gasteiger partial charge in [-0.2, -0.15) is 0 Å². The van der Waals surface area contributed by atoms with Crippen molar-refractivity contribution in [1.82, 2.24) is 4.98 Å². The van der Waals surface area contributed by atoms with Crippen molar-refractivity contribution in [1.29, 1.82) is 0 Å². The minimum Gasteiger partial charge on any atom is -0.401 e. The molecule has 13 nitrogen and oxygen atoms in total. The summed E-state index contributed by atoms with van der Waals surface area (Å²) < 4.78 is 26.2. The number of benzene rings is 1. The summed E-state index contributed by atoms with van der Waals surface area (Å²) in [5, 5.41) is 60.9. The van der Waals surface area contributed by atoms with Crippen LogP contribution in [0.15, 0.2) is 30.5 Å². The molecule has 0 radical (unpaired) electrons. The Morgan fingerprint density at radius 3 is 2.35 bits per heavy atom. The van der Waals surface area contributed by atoms with Crippen molar-refractivity contribution in [2.24, 2.45) is 0 Å². The number of hydrogen-bond acceptors (Lipinski definition) is 12. The van der Waals surface area contributed by atoms with Crippen LogP contribution in [-0.2, 0) is 18.9 Å². The molecule has 4 rings (SSSR count). The molecule has 2 aliphatic rings. The Labute approximate surface area is 193 Å². The lowest BCUT2D eigenvalue weighted by Gasteiger charge is -2.42. The van der Waals surface area contributed by atoms with Gasteiger partial charge >= 0.3 is 6.16 Å². The Morgan fingerprint density at radius 1 is 0.912 bits per heavy atom. The topological polar surface area (TPSA) is 200 Å². The summed E-state index contributed by atoms with van der Waals surface area (Å²) in [6.45, 7) is 0.977. The van der Waals surface area contributed by atoms with Crippen molar-refractivity contribution in [3.8, 4) is 5.75 Å². The minimum absolute atomic E-state index is 0.171. The second-order valence-corrected chi connectivity index (χ2v) is 8.20. The molecule has 1 aromatic heterocycles. The third-order valence-corrected chi connectivity index (χ3v) is 5.86. The molecule has 0 bridgehead atoms. The molecule has 0 saturated carbocycles. The van der Waals surface area contributed by atoms with Crippen molar-refractivity contribution >= 4 is 17.1 Å². The number of carbonyl (C=O) groups excluding carboxylic acids is 1. The molecule has 188 valence electrons. The highest BCUT2D eigenvalue weighted by Gasteiger charge is 2.47. The van der Waals surface area contributed by atoms with Gasteiger partial charge in [-0.15, -0.1) is 0 Å². The van der Waals surface area contributed by atoms with Gasteiger partial charge < -0.3 is 59.3 Å². The average molecular weight is 485 g/mol. The summed E-state index contributed by atoms with van der Waals surface area (Å²) in [5.74, 6) is 0.171. The normalized spacial score (nSPS) is 38.6. The third-order valence-electron chi connectivity index (χ3n) is 5.86. The number of aliphatic hydroxyl groups is 6. The molecule has 3 heterocycles. The van der Waals surface area contributed by atoms with E-state index in [2.05, 4.69) is 4.98 Å². The Kier molecular flexibility index (Phi) is 7.37. The first kappa shape index (κ1) is 24.8. The van der Waals surface area contributed by atoms with Crippen molar-refractivity contribution in [2.45, 2.75) is 68.3 Å². The Morgan fingerprint density at radius 2 is 1.59 bits per heavy atom. The fourth-order valence-corrected chi connectivity index (χ4v) is 3.83. The Balaban J connectivity index is 1.37. The summed E-state index contributed by atoms with van der Waals surface area (Å²) in [6.07, 6.45) is -14.7. The standard InChI is InChI=1S/C21H27NO12/c1-8-13(23)15(25)17(27)19(31-8)30-7-12-14(24)16(26)18(28)20(32-12)34-21(29)33-11-6-22-10-5-3-2-4-9(10)11/h2-6,8,12-20,22-28H,7H2,1H3/t8-,12+,13-,14+,15+,16-,17+,18+,19+,20-/m0/s1. The van der Waals surface area contributed by atoms with Gasteiger partial charge in [-0.25, -0.2) is 4.79 Å². The lowest BCUT2D eigenvalue weighted by Crippen LogP contribution is -2.61. The number of rotatable bonds is 5. The molecular formula is C21H27NO12. The summed E-state index contributed by atoms with van der Waals surface area (Å²) >= 11 is 0. The van der Waals surface area contributed by atoms with Crippen LogP contribution in [0, 0.1) is 0 Å². The van der Waals surface area contributed by atoms with E-state index in [9.17, 15) is 35.4 Å². The van der Waals surface area contributed by atoms with Crippen LogP contribution in [0.2, 0.25) is 0 Å². The molecule has 7 N–H and O–H groups in total. The largest absolute Gasteiger partial charge is 0.516 e. The van der Waals surface area contributed by atoms with Crippen molar-refractivity contribution < 1.29 is 59.1 Å². The molecule has 0 unspecified atom stereocenters. The molecule has 2 saturated heterocycles. The van der Waals surface area contributed by atoms with Crippen LogP contribution in [0.3, 0.4) is 0 Å². The maximum atomic E-state index is 12.3. The lowest BCUT2D eigenvalue weighted by atomic mass is 9.99. The van der Waals surface area contributed by atoms with Crippen LogP contribution in [0.25, 0.3) is 10.9 Å². The second-order valence-electron chi connectivity index (χ2n) is 8.20. The molecule has 34 heavy (non-hydrogen) atoms. The minimum atomic E-state index is -1.80. The summed E-state index contributed by atoms with van der Waals surface area (Å²) in [5.41, 5.74) is 0.717. The van der Waals surface area contributed by atoms with Crippen LogP contribution in [0.1, 0.15) is 6.92 Å². The van der Waals surface area contributed by atoms with Gasteiger partial charge in [0.25, 0.3) is 0 Å². The zero-order valence-corrected chi connectivity index (χ0v) is 18.0. The molecule has 13 heteroatoms. The molecule has 0 spiro atoms. The maximum Gasteiger partial charge on any atom is 0.516 e. The fourth-order valence-electron chi connectivity index (χ4n) is 3.83. The van der Waals surface area contributed by atoms with Gasteiger partial charge in [0, 0.05) is 17.1 Å². The molecule has 2 fully saturated rings.